The second kappa shape index (κ2) is 38.6. The van der Waals surface area contributed by atoms with Gasteiger partial charge in [0.2, 0.25) is 46.6 Å². The Hall–Kier alpha value is -12.1. The number of carbonyl (C=O) groups is 14. The first-order valence-electron chi connectivity index (χ1n) is 31.2. The van der Waals surface area contributed by atoms with Crippen LogP contribution in [0.1, 0.15) is 60.4 Å². The number of carboxylic acid groups (broad SMARTS) is 2. The molecule has 2 aliphatic rings. The summed E-state index contributed by atoms with van der Waals surface area (Å²) in [6.07, 6.45) is -0.209. The van der Waals surface area contributed by atoms with Crippen molar-refractivity contribution < 1.29 is 82.1 Å². The van der Waals surface area contributed by atoms with E-state index in [1.54, 1.807) is 64.4 Å². The molecule has 0 spiro atoms. The van der Waals surface area contributed by atoms with Crippen molar-refractivity contribution in [2.75, 3.05) is 85.0 Å². The van der Waals surface area contributed by atoms with Crippen LogP contribution in [0.2, 0.25) is 0 Å². The van der Waals surface area contributed by atoms with Gasteiger partial charge in [0.05, 0.1) is 73.5 Å². The summed E-state index contributed by atoms with van der Waals surface area (Å²) in [5.41, 5.74) is 4.01. The molecule has 0 aromatic heterocycles. The quantitative estimate of drug-likeness (QED) is 0.0264. The molecule has 28 nitrogen and oxygen atoms in total. The van der Waals surface area contributed by atoms with Crippen molar-refractivity contribution in [3.8, 4) is 0 Å². The fraction of sp³-hybridized carbons (Fsp3) is 0.268. The molecule has 9 rings (SSSR count). The zero-order valence-corrected chi connectivity index (χ0v) is 55.8. The molecule has 2 heterocycles. The van der Waals surface area contributed by atoms with Gasteiger partial charge in [-0.25, -0.2) is 0 Å². The summed E-state index contributed by atoms with van der Waals surface area (Å²) < 4.78 is 5.56. The van der Waals surface area contributed by atoms with Gasteiger partial charge >= 0.3 is 17.9 Å². The average Bonchev–Trinajstić information content (AvgIpc) is 1.83. The van der Waals surface area contributed by atoms with E-state index in [-0.39, 0.29) is 113 Å². The molecular weight excluding hydrogens is 1310 g/mol. The van der Waals surface area contributed by atoms with Crippen LogP contribution in [0, 0.1) is 0 Å². The van der Waals surface area contributed by atoms with Crippen LogP contribution in [0.3, 0.4) is 0 Å². The summed E-state index contributed by atoms with van der Waals surface area (Å²) in [6.45, 7) is 4.68. The van der Waals surface area contributed by atoms with Crippen LogP contribution in [0.4, 0.5) is 22.7 Å². The smallest absolute Gasteiger partial charge is 0.325 e. The number of anilines is 4. The first-order chi connectivity index (χ1) is 47.8. The molecule has 0 radical (unpaired) electrons. The number of para-hydroxylation sites is 4. The second-order valence-electron chi connectivity index (χ2n) is 22.6. The van der Waals surface area contributed by atoms with Crippen LogP contribution in [-0.4, -0.2) is 176 Å². The van der Waals surface area contributed by atoms with Gasteiger partial charge in [0.15, 0.2) is 0 Å². The molecule has 0 fully saturated rings. The summed E-state index contributed by atoms with van der Waals surface area (Å²) >= 11 is 4.87. The van der Waals surface area contributed by atoms with E-state index in [2.05, 4.69) is 37.2 Å². The van der Waals surface area contributed by atoms with Crippen LogP contribution in [0.15, 0.2) is 164 Å². The van der Waals surface area contributed by atoms with E-state index < -0.39 is 59.5 Å². The number of carboxylic acids is 2. The number of nitrogens with one attached hydrogen (secondary N) is 7. The van der Waals surface area contributed by atoms with E-state index in [0.29, 0.717) is 40.2 Å². The highest BCUT2D eigenvalue weighted by atomic mass is 35.5. The highest BCUT2D eigenvalue weighted by Gasteiger charge is 2.34. The predicted octanol–water partition coefficient (Wildman–Crippen LogP) is 3.85. The summed E-state index contributed by atoms with van der Waals surface area (Å²) in [5, 5.41) is 37.7. The number of hydrogen-bond acceptors (Lipinski definition) is 17. The fourth-order valence-electron chi connectivity index (χ4n) is 10.4. The molecule has 0 aliphatic carbocycles. The van der Waals surface area contributed by atoms with Crippen LogP contribution in [0.25, 0.3) is 21.5 Å². The van der Waals surface area contributed by atoms with Gasteiger partial charge in [-0.1, -0.05) is 127 Å². The molecular formula is C71H76ClN11O17. The van der Waals surface area contributed by atoms with Crippen LogP contribution in [-0.2, 0) is 68.9 Å². The minimum atomic E-state index is -1.24. The number of esters is 1. The van der Waals surface area contributed by atoms with Gasteiger partial charge in [0, 0.05) is 65.0 Å². The van der Waals surface area contributed by atoms with Crippen LogP contribution < -0.4 is 56.8 Å². The van der Waals surface area contributed by atoms with E-state index in [9.17, 15) is 67.1 Å². The molecule has 7 aromatic rings. The first-order valence-corrected chi connectivity index (χ1v) is 31.6. The van der Waals surface area contributed by atoms with Gasteiger partial charge in [-0.15, -0.1) is 0 Å². The Balaban J connectivity index is 0.000000258. The number of hydrogen-bond donors (Lipinski definition) is 9. The van der Waals surface area contributed by atoms with Gasteiger partial charge < -0.3 is 76.6 Å². The lowest BCUT2D eigenvalue weighted by Crippen LogP contribution is -2.52. The maximum Gasteiger partial charge on any atom is 0.325 e. The first kappa shape index (κ1) is 76.9. The van der Waals surface area contributed by atoms with Gasteiger partial charge in [-0.3, -0.25) is 62.3 Å². The van der Waals surface area contributed by atoms with Crippen molar-refractivity contribution in [3.63, 3.8) is 0 Å². The monoisotopic (exact) mass is 1390 g/mol. The van der Waals surface area contributed by atoms with Crippen LogP contribution >= 0.6 is 11.6 Å². The van der Waals surface area contributed by atoms with Gasteiger partial charge in [-0.2, -0.15) is 0 Å². The lowest BCUT2D eigenvalue weighted by Gasteiger charge is -2.27. The number of fused-ring (bicyclic) bond motifs is 4. The Bertz CT molecular complexity index is 4070. The number of ether oxygens (including phenoxy) is 1. The normalized spacial score (nSPS) is 13.7. The number of aldehydes is 1. The minimum absolute atomic E-state index is 0.0417. The number of benzene rings is 7. The highest BCUT2D eigenvalue weighted by molar-refractivity contribution is 6.64. The van der Waals surface area contributed by atoms with Crippen LogP contribution in [0.5, 0.6) is 0 Å². The molecule has 0 saturated carbocycles. The van der Waals surface area contributed by atoms with Crippen molar-refractivity contribution in [2.24, 2.45) is 0 Å². The van der Waals surface area contributed by atoms with Crippen molar-refractivity contribution in [1.82, 2.24) is 37.2 Å². The molecule has 0 unspecified atom stereocenters. The van der Waals surface area contributed by atoms with E-state index >= 15 is 0 Å². The topological polar surface area (TPSA) is 386 Å². The van der Waals surface area contributed by atoms with Gasteiger partial charge in [0.25, 0.3) is 11.8 Å². The summed E-state index contributed by atoms with van der Waals surface area (Å²) in [6, 6.07) is 47.1. The number of carbonyl (C=O) groups excluding carboxylic acids is 12. The van der Waals surface area contributed by atoms with E-state index in [4.69, 9.17) is 26.6 Å². The summed E-state index contributed by atoms with van der Waals surface area (Å²) in [5.74, 6) is -6.01. The fourth-order valence-corrected chi connectivity index (χ4v) is 10.5. The Labute approximate surface area is 579 Å². The van der Waals surface area contributed by atoms with Gasteiger partial charge in [0.1, 0.15) is 26.0 Å². The zero-order valence-electron chi connectivity index (χ0n) is 55.1. The number of amides is 9. The standard InChI is InChI=1S/C33H32N4O5.C30H31N5O7.C4H6ClNO2.C4H7NO3/c1-23(38)34-18-31(39)37-20-26(35-33(41)28-15-9-13-25-12-5-6-14-27(25)28)19-36(29-16-7-8-17-30(29)37)21-32(40)42-22-24-10-3-2-4-11-24;1-19(37)31-14-28(39)35-16-22(33-30(42)24-10-6-8-20-7-2-3-9-23(20)24)15-34(25-11-4-5-12-26(25)35)17-27(38)32-21(18-36)13-29(40)41;1-3(7)6-2-4(5)8;1-3(6)5-2-4(7)8/h2-17,26H,18-22H2,1H3,(H,34,38)(H,35,41);2-12,18,21-22H,13-17H2,1H3,(H,31,37)(H,32,38)(H,33,42)(H,40,41);2H2,1H3,(H,6,7);2H2,1H3,(H,5,6)(H,7,8)/t26-;21-,22+;;/m10../s1. The van der Waals surface area contributed by atoms with Crippen molar-refractivity contribution in [2.45, 2.75) is 58.8 Å². The molecule has 7 aromatic carbocycles. The maximum atomic E-state index is 13.6. The maximum absolute atomic E-state index is 13.6. The Kier molecular flexibility index (Phi) is 29.7. The third-order valence-electron chi connectivity index (χ3n) is 14.8. The van der Waals surface area contributed by atoms with Crippen molar-refractivity contribution in [1.29, 1.82) is 0 Å². The third kappa shape index (κ3) is 24.5. The predicted molar refractivity (Wildman–Crippen MR) is 372 cm³/mol. The third-order valence-corrected chi connectivity index (χ3v) is 14.9. The number of nitrogens with zero attached hydrogens (tertiary/aromatic N) is 4. The molecule has 29 heteroatoms. The molecule has 0 saturated heterocycles. The minimum Gasteiger partial charge on any atom is -0.481 e. The molecule has 524 valence electrons. The average molecular weight is 1390 g/mol. The van der Waals surface area contributed by atoms with Crippen molar-refractivity contribution in [3.05, 3.63) is 180 Å². The lowest BCUT2D eigenvalue weighted by atomic mass is 10.0. The van der Waals surface area contributed by atoms with E-state index in [1.165, 1.54) is 32.6 Å². The van der Waals surface area contributed by atoms with Crippen molar-refractivity contribution >= 4 is 138 Å². The number of rotatable bonds is 22. The largest absolute Gasteiger partial charge is 0.481 e. The molecule has 0 bridgehead atoms. The highest BCUT2D eigenvalue weighted by Crippen LogP contribution is 2.34. The Morgan fingerprint density at radius 1 is 0.480 bits per heavy atom. The SMILES string of the molecule is CC(=O)NCC(=O)Cl.CC(=O)NCC(=O)N1C[C@H](NC(=O)c2cccc3ccccc23)CN(CC(=O)N[C@H](C=O)CC(=O)O)c2ccccc21.CC(=O)NCC(=O)N1C[C@H](NC(=O)c2cccc3ccccc23)CN(CC(=O)OCc2ccccc2)c2ccccc21.CC(=O)NCC(=O)O. The Morgan fingerprint density at radius 3 is 1.29 bits per heavy atom. The lowest BCUT2D eigenvalue weighted by molar-refractivity contribution is -0.143. The van der Waals surface area contributed by atoms with Gasteiger partial charge in [-0.05, 0) is 75.1 Å². The van der Waals surface area contributed by atoms with E-state index in [1.807, 2.05) is 114 Å². The summed E-state index contributed by atoms with van der Waals surface area (Å²) in [7, 11) is 0. The Morgan fingerprint density at radius 2 is 0.880 bits per heavy atom. The number of halogens is 1. The molecule has 100 heavy (non-hydrogen) atoms. The molecule has 9 amide bonds. The molecule has 9 N–H and O–H groups in total. The van der Waals surface area contributed by atoms with E-state index in [0.717, 1.165) is 27.1 Å². The molecule has 2 aliphatic heterocycles. The zero-order chi connectivity index (χ0) is 72.8. The number of aliphatic carboxylic acids is 2. The summed E-state index contributed by atoms with van der Waals surface area (Å²) in [4.78, 5) is 171. The second-order valence-corrected chi connectivity index (χ2v) is 23.0. The molecule has 3 atom stereocenters.